The van der Waals surface area contributed by atoms with Gasteiger partial charge in [-0.25, -0.2) is 0 Å². The molecule has 2 heterocycles. The van der Waals surface area contributed by atoms with E-state index in [0.29, 0.717) is 6.04 Å². The average Bonchev–Trinajstić information content (AvgIpc) is 3.10. The molecule has 0 aliphatic carbocycles. The Morgan fingerprint density at radius 2 is 2.21 bits per heavy atom. The minimum atomic E-state index is 0.304. The quantitative estimate of drug-likeness (QED) is 0.893. The number of para-hydroxylation sites is 1. The Morgan fingerprint density at radius 1 is 1.26 bits per heavy atom. The molecule has 1 aromatic carbocycles. The van der Waals surface area contributed by atoms with Crippen LogP contribution in [-0.2, 0) is 12.8 Å². The van der Waals surface area contributed by atoms with Gasteiger partial charge in [-0.2, -0.15) is 0 Å². The standard InChI is InChI=1S/C16H19NO2/c1-17-15(8-7-13-5-3-10-18-13)14-6-2-4-12-9-11-19-16(12)14/h2-6,10,15,17H,7-9,11H2,1H3. The molecule has 0 spiro atoms. The van der Waals surface area contributed by atoms with E-state index >= 15 is 0 Å². The van der Waals surface area contributed by atoms with Gasteiger partial charge in [-0.15, -0.1) is 0 Å². The summed E-state index contributed by atoms with van der Waals surface area (Å²) in [7, 11) is 2.00. The van der Waals surface area contributed by atoms with Gasteiger partial charge < -0.3 is 14.5 Å². The van der Waals surface area contributed by atoms with Crippen molar-refractivity contribution in [3.63, 3.8) is 0 Å². The molecule has 3 nitrogen and oxygen atoms in total. The zero-order valence-electron chi connectivity index (χ0n) is 11.2. The van der Waals surface area contributed by atoms with Crippen molar-refractivity contribution in [1.29, 1.82) is 0 Å². The number of furan rings is 1. The van der Waals surface area contributed by atoms with E-state index in [-0.39, 0.29) is 0 Å². The van der Waals surface area contributed by atoms with Crippen LogP contribution in [0.1, 0.15) is 29.3 Å². The van der Waals surface area contributed by atoms with Crippen LogP contribution in [0.4, 0.5) is 0 Å². The van der Waals surface area contributed by atoms with E-state index < -0.39 is 0 Å². The molecule has 100 valence electrons. The van der Waals surface area contributed by atoms with Crippen LogP contribution in [0.3, 0.4) is 0 Å². The lowest BCUT2D eigenvalue weighted by Gasteiger charge is -2.18. The molecule has 19 heavy (non-hydrogen) atoms. The second-order valence-electron chi connectivity index (χ2n) is 4.89. The van der Waals surface area contributed by atoms with Gasteiger partial charge in [0.25, 0.3) is 0 Å². The zero-order chi connectivity index (χ0) is 13.1. The molecule has 0 radical (unpaired) electrons. The molecular weight excluding hydrogens is 238 g/mol. The summed E-state index contributed by atoms with van der Waals surface area (Å²) >= 11 is 0. The summed E-state index contributed by atoms with van der Waals surface area (Å²) in [5.41, 5.74) is 2.60. The average molecular weight is 257 g/mol. The van der Waals surface area contributed by atoms with Crippen LogP contribution >= 0.6 is 0 Å². The number of aryl methyl sites for hydroxylation is 1. The molecule has 0 amide bonds. The smallest absolute Gasteiger partial charge is 0.127 e. The number of rotatable bonds is 5. The molecule has 1 aliphatic rings. The van der Waals surface area contributed by atoms with Gasteiger partial charge in [0, 0.05) is 24.4 Å². The van der Waals surface area contributed by atoms with Crippen molar-refractivity contribution in [3.05, 3.63) is 53.5 Å². The van der Waals surface area contributed by atoms with E-state index in [4.69, 9.17) is 9.15 Å². The molecule has 1 unspecified atom stereocenters. The highest BCUT2D eigenvalue weighted by molar-refractivity contribution is 5.45. The molecule has 1 atom stereocenters. The molecule has 1 aliphatic heterocycles. The van der Waals surface area contributed by atoms with E-state index in [0.717, 1.165) is 37.4 Å². The molecule has 0 bridgehead atoms. The third-order valence-corrected chi connectivity index (χ3v) is 3.73. The summed E-state index contributed by atoms with van der Waals surface area (Å²) in [6.07, 6.45) is 4.69. The van der Waals surface area contributed by atoms with E-state index in [1.54, 1.807) is 6.26 Å². The van der Waals surface area contributed by atoms with Gasteiger partial charge >= 0.3 is 0 Å². The van der Waals surface area contributed by atoms with Gasteiger partial charge in [-0.3, -0.25) is 0 Å². The summed E-state index contributed by atoms with van der Waals surface area (Å²) in [4.78, 5) is 0. The monoisotopic (exact) mass is 257 g/mol. The maximum atomic E-state index is 5.79. The Kier molecular flexibility index (Phi) is 3.56. The first-order chi connectivity index (χ1) is 9.38. The second kappa shape index (κ2) is 5.49. The molecule has 1 aromatic heterocycles. The summed E-state index contributed by atoms with van der Waals surface area (Å²) in [6, 6.07) is 10.7. The predicted molar refractivity (Wildman–Crippen MR) is 74.5 cm³/mol. The van der Waals surface area contributed by atoms with Crippen LogP contribution in [0.5, 0.6) is 5.75 Å². The van der Waals surface area contributed by atoms with Crippen molar-refractivity contribution in [2.75, 3.05) is 13.7 Å². The van der Waals surface area contributed by atoms with Gasteiger partial charge in [0.1, 0.15) is 11.5 Å². The zero-order valence-corrected chi connectivity index (χ0v) is 11.2. The Morgan fingerprint density at radius 3 is 3.00 bits per heavy atom. The van der Waals surface area contributed by atoms with Gasteiger partial charge in [0.2, 0.25) is 0 Å². The Hall–Kier alpha value is -1.74. The summed E-state index contributed by atoms with van der Waals surface area (Å²) < 4.78 is 11.2. The highest BCUT2D eigenvalue weighted by Gasteiger charge is 2.21. The van der Waals surface area contributed by atoms with Crippen molar-refractivity contribution < 1.29 is 9.15 Å². The van der Waals surface area contributed by atoms with Crippen LogP contribution in [0.2, 0.25) is 0 Å². The number of hydrogen-bond acceptors (Lipinski definition) is 3. The lowest BCUT2D eigenvalue weighted by atomic mass is 9.98. The lowest BCUT2D eigenvalue weighted by Crippen LogP contribution is -2.17. The minimum Gasteiger partial charge on any atom is -0.493 e. The Balaban J connectivity index is 1.77. The first-order valence-electron chi connectivity index (χ1n) is 6.82. The minimum absolute atomic E-state index is 0.304. The molecule has 0 saturated heterocycles. The number of hydrogen-bond donors (Lipinski definition) is 1. The first kappa shape index (κ1) is 12.3. The fourth-order valence-corrected chi connectivity index (χ4v) is 2.71. The fourth-order valence-electron chi connectivity index (χ4n) is 2.71. The molecule has 2 aromatic rings. The summed E-state index contributed by atoms with van der Waals surface area (Å²) in [5.74, 6) is 2.12. The van der Waals surface area contributed by atoms with Gasteiger partial charge in [-0.1, -0.05) is 18.2 Å². The van der Waals surface area contributed by atoms with E-state index in [1.165, 1.54) is 11.1 Å². The van der Waals surface area contributed by atoms with E-state index in [2.05, 4.69) is 23.5 Å². The molecule has 3 rings (SSSR count). The van der Waals surface area contributed by atoms with Crippen LogP contribution < -0.4 is 10.1 Å². The van der Waals surface area contributed by atoms with E-state index in [1.807, 2.05) is 19.2 Å². The Labute approximate surface area is 113 Å². The van der Waals surface area contributed by atoms with Crippen LogP contribution in [-0.4, -0.2) is 13.7 Å². The maximum absolute atomic E-state index is 5.79. The number of benzene rings is 1. The largest absolute Gasteiger partial charge is 0.493 e. The Bertz CT molecular complexity index is 534. The molecule has 3 heteroatoms. The van der Waals surface area contributed by atoms with Crippen molar-refractivity contribution >= 4 is 0 Å². The highest BCUT2D eigenvalue weighted by Crippen LogP contribution is 2.34. The number of nitrogens with one attached hydrogen (secondary N) is 1. The summed E-state index contributed by atoms with van der Waals surface area (Å²) in [6.45, 7) is 0.807. The van der Waals surface area contributed by atoms with Crippen molar-refractivity contribution in [2.24, 2.45) is 0 Å². The SMILES string of the molecule is CNC(CCc1ccco1)c1cccc2c1OCC2. The normalized spacial score (nSPS) is 15.0. The second-order valence-corrected chi connectivity index (χ2v) is 4.89. The maximum Gasteiger partial charge on any atom is 0.127 e. The van der Waals surface area contributed by atoms with E-state index in [9.17, 15) is 0 Å². The fraction of sp³-hybridized carbons (Fsp3) is 0.375. The molecular formula is C16H19NO2. The van der Waals surface area contributed by atoms with Crippen LogP contribution in [0.25, 0.3) is 0 Å². The third-order valence-electron chi connectivity index (χ3n) is 3.73. The molecule has 0 saturated carbocycles. The predicted octanol–water partition coefficient (Wildman–Crippen LogP) is 3.11. The van der Waals surface area contributed by atoms with Gasteiger partial charge in [0.05, 0.1) is 12.9 Å². The van der Waals surface area contributed by atoms with Gasteiger partial charge in [-0.05, 0) is 31.2 Å². The third kappa shape index (κ3) is 2.51. The number of fused-ring (bicyclic) bond motifs is 1. The van der Waals surface area contributed by atoms with Gasteiger partial charge in [0.15, 0.2) is 0 Å². The lowest BCUT2D eigenvalue weighted by molar-refractivity contribution is 0.347. The van der Waals surface area contributed by atoms with Crippen LogP contribution in [0.15, 0.2) is 41.0 Å². The topological polar surface area (TPSA) is 34.4 Å². The van der Waals surface area contributed by atoms with Crippen LogP contribution in [0, 0.1) is 0 Å². The van der Waals surface area contributed by atoms with Crippen molar-refractivity contribution in [3.8, 4) is 5.75 Å². The van der Waals surface area contributed by atoms with Crippen molar-refractivity contribution in [1.82, 2.24) is 5.32 Å². The van der Waals surface area contributed by atoms with Crippen molar-refractivity contribution in [2.45, 2.75) is 25.3 Å². The molecule has 0 fully saturated rings. The number of ether oxygens (including phenoxy) is 1. The highest BCUT2D eigenvalue weighted by atomic mass is 16.5. The summed E-state index contributed by atoms with van der Waals surface area (Å²) in [5, 5.41) is 3.39. The molecule has 1 N–H and O–H groups in total. The first-order valence-corrected chi connectivity index (χ1v) is 6.82.